The van der Waals surface area contributed by atoms with Crippen LogP contribution in [-0.2, 0) is 14.3 Å². The van der Waals surface area contributed by atoms with Crippen LogP contribution < -0.4 is 10.6 Å². The van der Waals surface area contributed by atoms with Crippen molar-refractivity contribution in [3.05, 3.63) is 66.5 Å². The molecule has 0 spiro atoms. The second-order valence-electron chi connectivity index (χ2n) is 6.98. The van der Waals surface area contributed by atoms with E-state index in [9.17, 15) is 14.4 Å². The van der Waals surface area contributed by atoms with Crippen LogP contribution in [0.3, 0.4) is 0 Å². The molecular formula is C26H33N5O5S. The maximum atomic E-state index is 12.0. The average Bonchev–Trinajstić information content (AvgIpc) is 2.88. The topological polar surface area (TPSA) is 132 Å². The first-order valence-corrected chi connectivity index (χ1v) is 11.9. The fraction of sp³-hybridized carbons (Fsp3) is 0.308. The predicted octanol–water partition coefficient (Wildman–Crippen LogP) is 4.83. The van der Waals surface area contributed by atoms with Crippen molar-refractivity contribution in [2.45, 2.75) is 33.4 Å². The number of carbonyl (C=O) groups excluding carboxylic acids is 3. The first-order chi connectivity index (χ1) is 17.0. The van der Waals surface area contributed by atoms with E-state index in [1.807, 2.05) is 18.2 Å². The van der Waals surface area contributed by atoms with E-state index < -0.39 is 18.0 Å². The summed E-state index contributed by atoms with van der Waals surface area (Å²) in [5.41, 5.74) is 2.21. The van der Waals surface area contributed by atoms with Crippen LogP contribution in [0.2, 0.25) is 0 Å². The lowest BCUT2D eigenvalue weighted by atomic mass is 10.2. The number of rotatable bonds is 11. The number of pyridine rings is 1. The minimum Gasteiger partial charge on any atom is -0.465 e. The molecule has 0 atom stereocenters. The number of aromatic nitrogens is 3. The number of hydrogen-bond acceptors (Lipinski definition) is 9. The number of urea groups is 1. The lowest BCUT2D eigenvalue weighted by Crippen LogP contribution is -2.30. The van der Waals surface area contributed by atoms with Gasteiger partial charge >= 0.3 is 18.0 Å². The second kappa shape index (κ2) is 16.6. The summed E-state index contributed by atoms with van der Waals surface area (Å²) in [6.07, 6.45) is 3.75. The predicted molar refractivity (Wildman–Crippen MR) is 144 cm³/mol. The zero-order chi connectivity index (χ0) is 24.9. The molecule has 2 amide bonds. The van der Waals surface area contributed by atoms with Crippen molar-refractivity contribution in [1.29, 1.82) is 0 Å². The number of nitrogens with one attached hydrogen (secondary N) is 2. The van der Waals surface area contributed by atoms with Crippen LogP contribution in [0.5, 0.6) is 0 Å². The van der Waals surface area contributed by atoms with Crippen LogP contribution in [0.15, 0.2) is 66.1 Å². The Hall–Kier alpha value is -3.99. The van der Waals surface area contributed by atoms with Crippen LogP contribution in [0.25, 0.3) is 11.4 Å². The van der Waals surface area contributed by atoms with E-state index in [4.69, 9.17) is 9.47 Å². The van der Waals surface area contributed by atoms with Gasteiger partial charge in [-0.2, -0.15) is 0 Å². The van der Waals surface area contributed by atoms with Crippen molar-refractivity contribution in [3.8, 4) is 11.4 Å². The molecule has 2 heterocycles. The van der Waals surface area contributed by atoms with Gasteiger partial charge in [0.2, 0.25) is 0 Å². The Labute approximate surface area is 221 Å². The van der Waals surface area contributed by atoms with Crippen molar-refractivity contribution in [2.24, 2.45) is 0 Å². The second-order valence-corrected chi connectivity index (χ2v) is 7.93. The van der Waals surface area contributed by atoms with E-state index >= 15 is 0 Å². The molecule has 0 aliphatic heterocycles. The van der Waals surface area contributed by atoms with Gasteiger partial charge in [-0.25, -0.2) is 19.6 Å². The number of benzene rings is 1. The Kier molecular flexibility index (Phi) is 14.0. The van der Waals surface area contributed by atoms with Gasteiger partial charge in [-0.05, 0) is 49.7 Å². The van der Waals surface area contributed by atoms with Gasteiger partial charge in [-0.15, -0.1) is 0 Å². The van der Waals surface area contributed by atoms with E-state index in [2.05, 4.69) is 25.6 Å². The Balaban J connectivity index is 0.00000342. The highest BCUT2D eigenvalue weighted by molar-refractivity contribution is 7.99. The Bertz CT molecular complexity index is 1150. The summed E-state index contributed by atoms with van der Waals surface area (Å²) >= 11 is 1.18. The molecule has 198 valence electrons. The fourth-order valence-corrected chi connectivity index (χ4v) is 3.43. The van der Waals surface area contributed by atoms with Crippen LogP contribution in [0, 0.1) is 0 Å². The summed E-state index contributed by atoms with van der Waals surface area (Å²) in [6.45, 7) is 2.46. The highest BCUT2D eigenvalue weighted by Crippen LogP contribution is 2.18. The molecular weight excluding hydrogens is 494 g/mol. The first kappa shape index (κ1) is 31.0. The van der Waals surface area contributed by atoms with Crippen molar-refractivity contribution < 1.29 is 23.9 Å². The monoisotopic (exact) mass is 527 g/mol. The molecule has 0 bridgehead atoms. The van der Waals surface area contributed by atoms with Gasteiger partial charge in [0, 0.05) is 24.6 Å². The molecule has 3 aromatic rings. The molecule has 0 radical (unpaired) electrons. The lowest BCUT2D eigenvalue weighted by Gasteiger charge is -2.09. The Morgan fingerprint density at radius 2 is 1.78 bits per heavy atom. The molecule has 0 aliphatic carbocycles. The highest BCUT2D eigenvalue weighted by atomic mass is 32.2. The third-order valence-corrected chi connectivity index (χ3v) is 5.22. The molecule has 0 fully saturated rings. The maximum Gasteiger partial charge on any atom is 0.338 e. The molecule has 0 aliphatic rings. The molecule has 2 aromatic heterocycles. The SMILES string of the molecule is C.C.CCOC(=O)c1cccc(NC(=O)NCCCOC(=O)CSc2nccc(-c3ccccn3)n2)c1. The number of anilines is 1. The fourth-order valence-electron chi connectivity index (χ4n) is 2.81. The van der Waals surface area contributed by atoms with Crippen molar-refractivity contribution >= 4 is 35.4 Å². The number of carbonyl (C=O) groups is 3. The lowest BCUT2D eigenvalue weighted by molar-refractivity contribution is -0.140. The summed E-state index contributed by atoms with van der Waals surface area (Å²) in [7, 11) is 0. The van der Waals surface area contributed by atoms with Gasteiger partial charge in [-0.3, -0.25) is 9.78 Å². The van der Waals surface area contributed by atoms with Crippen LogP contribution in [0.1, 0.15) is 38.6 Å². The number of nitrogens with zero attached hydrogens (tertiary/aromatic N) is 3. The van der Waals surface area contributed by atoms with Gasteiger partial charge in [0.15, 0.2) is 5.16 Å². The van der Waals surface area contributed by atoms with Crippen LogP contribution in [0.4, 0.5) is 10.5 Å². The van der Waals surface area contributed by atoms with E-state index in [0.717, 1.165) is 5.69 Å². The van der Waals surface area contributed by atoms with E-state index in [-0.39, 0.29) is 33.8 Å². The van der Waals surface area contributed by atoms with E-state index in [1.165, 1.54) is 17.8 Å². The van der Waals surface area contributed by atoms with E-state index in [0.29, 0.717) is 35.1 Å². The highest BCUT2D eigenvalue weighted by Gasteiger charge is 2.10. The van der Waals surface area contributed by atoms with Gasteiger partial charge in [-0.1, -0.05) is 38.7 Å². The third-order valence-electron chi connectivity index (χ3n) is 4.38. The normalized spacial score (nSPS) is 9.76. The minimum absolute atomic E-state index is 0. The summed E-state index contributed by atoms with van der Waals surface area (Å²) < 4.78 is 10.1. The van der Waals surface area contributed by atoms with Crippen molar-refractivity contribution in [1.82, 2.24) is 20.3 Å². The van der Waals surface area contributed by atoms with Gasteiger partial charge < -0.3 is 20.1 Å². The number of hydrogen-bond donors (Lipinski definition) is 2. The molecule has 1 aromatic carbocycles. The molecule has 2 N–H and O–H groups in total. The van der Waals surface area contributed by atoms with Crippen LogP contribution >= 0.6 is 11.8 Å². The van der Waals surface area contributed by atoms with Crippen molar-refractivity contribution in [3.63, 3.8) is 0 Å². The molecule has 0 saturated heterocycles. The number of amides is 2. The zero-order valence-corrected chi connectivity index (χ0v) is 19.9. The standard InChI is InChI=1S/C24H25N5O5S.2CH4/c1-2-33-22(31)17-7-5-8-18(15-17)28-23(32)26-12-6-14-34-21(30)16-35-24-27-13-10-20(29-24)19-9-3-4-11-25-19;;/h3-5,7-11,13,15H,2,6,12,14,16H2,1H3,(H2,26,28,32);2*1H4. The largest absolute Gasteiger partial charge is 0.465 e. The van der Waals surface area contributed by atoms with Gasteiger partial charge in [0.25, 0.3) is 0 Å². The summed E-state index contributed by atoms with van der Waals surface area (Å²) in [5, 5.41) is 5.77. The maximum absolute atomic E-state index is 12.0. The quantitative estimate of drug-likeness (QED) is 0.156. The molecule has 0 saturated carbocycles. The molecule has 10 nitrogen and oxygen atoms in total. The Morgan fingerprint density at radius 1 is 0.946 bits per heavy atom. The third kappa shape index (κ3) is 10.7. The van der Waals surface area contributed by atoms with Crippen LogP contribution in [-0.4, -0.2) is 58.4 Å². The number of ether oxygens (including phenoxy) is 2. The summed E-state index contributed by atoms with van der Waals surface area (Å²) in [5.74, 6) is -0.790. The number of esters is 2. The summed E-state index contributed by atoms with van der Waals surface area (Å²) in [4.78, 5) is 48.6. The average molecular weight is 528 g/mol. The van der Waals surface area contributed by atoms with Gasteiger partial charge in [0.05, 0.1) is 35.9 Å². The van der Waals surface area contributed by atoms with E-state index in [1.54, 1.807) is 43.6 Å². The minimum atomic E-state index is -0.455. The summed E-state index contributed by atoms with van der Waals surface area (Å²) in [6, 6.07) is 13.3. The molecule has 11 heteroatoms. The molecule has 3 rings (SSSR count). The van der Waals surface area contributed by atoms with Gasteiger partial charge in [0.1, 0.15) is 0 Å². The van der Waals surface area contributed by atoms with Crippen molar-refractivity contribution in [2.75, 3.05) is 30.8 Å². The molecule has 37 heavy (non-hydrogen) atoms. The number of thioether (sulfide) groups is 1. The Morgan fingerprint density at radius 3 is 2.54 bits per heavy atom. The zero-order valence-electron chi connectivity index (χ0n) is 19.1. The first-order valence-electron chi connectivity index (χ1n) is 10.9. The molecule has 0 unspecified atom stereocenters. The smallest absolute Gasteiger partial charge is 0.338 e.